The number of carbonyl (C=O) groups is 2. The molecular formula is C19H23N3O2. The van der Waals surface area contributed by atoms with Crippen LogP contribution >= 0.6 is 0 Å². The van der Waals surface area contributed by atoms with Crippen LogP contribution in [-0.2, 0) is 29.1 Å². The molecule has 126 valence electrons. The molecular weight excluding hydrogens is 302 g/mol. The van der Waals surface area contributed by atoms with Crippen molar-refractivity contribution >= 4 is 11.8 Å². The lowest BCUT2D eigenvalue weighted by atomic mass is 9.93. The number of likely N-dealkylation sites (N-methyl/N-ethyl adjacent to an activating group) is 1. The Morgan fingerprint density at radius 3 is 2.33 bits per heavy atom. The van der Waals surface area contributed by atoms with Gasteiger partial charge in [-0.25, -0.2) is 0 Å². The van der Waals surface area contributed by atoms with Gasteiger partial charge in [0, 0.05) is 31.4 Å². The lowest BCUT2D eigenvalue weighted by Crippen LogP contribution is -2.52. The van der Waals surface area contributed by atoms with Crippen LogP contribution in [0.4, 0.5) is 0 Å². The first-order valence-electron chi connectivity index (χ1n) is 8.22. The molecule has 5 heteroatoms. The van der Waals surface area contributed by atoms with Gasteiger partial charge in [0.1, 0.15) is 12.6 Å². The third-order valence-corrected chi connectivity index (χ3v) is 4.83. The van der Waals surface area contributed by atoms with E-state index in [2.05, 4.69) is 5.32 Å². The lowest BCUT2D eigenvalue weighted by Gasteiger charge is -2.36. The number of amides is 2. The molecule has 2 aromatic rings. The minimum absolute atomic E-state index is 0.0273. The molecule has 1 aliphatic rings. The van der Waals surface area contributed by atoms with Crippen molar-refractivity contribution in [2.75, 3.05) is 7.05 Å². The van der Waals surface area contributed by atoms with E-state index in [1.807, 2.05) is 54.8 Å². The third kappa shape index (κ3) is 2.94. The van der Waals surface area contributed by atoms with Gasteiger partial charge >= 0.3 is 0 Å². The van der Waals surface area contributed by atoms with Crippen LogP contribution in [0.3, 0.4) is 0 Å². The Bertz CT molecular complexity index is 759. The Kier molecular flexibility index (Phi) is 4.42. The molecule has 24 heavy (non-hydrogen) atoms. The SMILES string of the molecule is CNC(=O)[C@@H]1Cc2ccccc2CN1C(=O)Cn1c(C)ccc1C. The third-order valence-electron chi connectivity index (χ3n) is 4.83. The predicted octanol–water partition coefficient (Wildman–Crippen LogP) is 1.80. The first-order valence-corrected chi connectivity index (χ1v) is 8.22. The summed E-state index contributed by atoms with van der Waals surface area (Å²) in [5.41, 5.74) is 4.36. The summed E-state index contributed by atoms with van der Waals surface area (Å²) in [5, 5.41) is 2.69. The number of aromatic nitrogens is 1. The molecule has 5 nitrogen and oxygen atoms in total. The van der Waals surface area contributed by atoms with E-state index in [-0.39, 0.29) is 18.4 Å². The van der Waals surface area contributed by atoms with Crippen LogP contribution in [0.2, 0.25) is 0 Å². The number of nitrogens with zero attached hydrogens (tertiary/aromatic N) is 2. The monoisotopic (exact) mass is 325 g/mol. The Morgan fingerprint density at radius 1 is 1.08 bits per heavy atom. The van der Waals surface area contributed by atoms with E-state index in [1.165, 1.54) is 0 Å². The van der Waals surface area contributed by atoms with E-state index in [4.69, 9.17) is 0 Å². The summed E-state index contributed by atoms with van der Waals surface area (Å²) in [6.07, 6.45) is 0.561. The van der Waals surface area contributed by atoms with E-state index < -0.39 is 6.04 Å². The fourth-order valence-corrected chi connectivity index (χ4v) is 3.36. The van der Waals surface area contributed by atoms with Crippen LogP contribution < -0.4 is 5.32 Å². The maximum atomic E-state index is 12.9. The van der Waals surface area contributed by atoms with Gasteiger partial charge in [0.15, 0.2) is 0 Å². The van der Waals surface area contributed by atoms with Crippen molar-refractivity contribution in [3.63, 3.8) is 0 Å². The fraction of sp³-hybridized carbons (Fsp3) is 0.368. The molecule has 0 spiro atoms. The average Bonchev–Trinajstić information content (AvgIpc) is 2.91. The zero-order valence-corrected chi connectivity index (χ0v) is 14.4. The summed E-state index contributed by atoms with van der Waals surface area (Å²) in [6.45, 7) is 4.72. The van der Waals surface area contributed by atoms with Gasteiger partial charge < -0.3 is 14.8 Å². The van der Waals surface area contributed by atoms with Gasteiger partial charge in [-0.1, -0.05) is 24.3 Å². The van der Waals surface area contributed by atoms with Crippen LogP contribution in [0, 0.1) is 13.8 Å². The van der Waals surface area contributed by atoms with Gasteiger partial charge in [-0.05, 0) is 37.1 Å². The first kappa shape index (κ1) is 16.3. The second kappa shape index (κ2) is 6.51. The molecule has 0 fully saturated rings. The fourth-order valence-electron chi connectivity index (χ4n) is 3.36. The van der Waals surface area contributed by atoms with Gasteiger partial charge in [0.05, 0.1) is 0 Å². The number of benzene rings is 1. The highest BCUT2D eigenvalue weighted by Gasteiger charge is 2.34. The maximum absolute atomic E-state index is 12.9. The molecule has 0 unspecified atom stereocenters. The molecule has 0 radical (unpaired) electrons. The molecule has 0 bridgehead atoms. The van der Waals surface area contributed by atoms with E-state index in [1.54, 1.807) is 11.9 Å². The van der Waals surface area contributed by atoms with Crippen molar-refractivity contribution < 1.29 is 9.59 Å². The van der Waals surface area contributed by atoms with E-state index in [0.717, 1.165) is 22.5 Å². The number of aryl methyl sites for hydroxylation is 2. The predicted molar refractivity (Wildman–Crippen MR) is 92.5 cm³/mol. The van der Waals surface area contributed by atoms with Crippen molar-refractivity contribution in [1.82, 2.24) is 14.8 Å². The Hall–Kier alpha value is -2.56. The Labute approximate surface area is 142 Å². The summed E-state index contributed by atoms with van der Waals surface area (Å²) >= 11 is 0. The molecule has 1 N–H and O–H groups in total. The topological polar surface area (TPSA) is 54.3 Å². The van der Waals surface area contributed by atoms with Crippen LogP contribution in [0.1, 0.15) is 22.5 Å². The molecule has 1 aromatic heterocycles. The van der Waals surface area contributed by atoms with Crippen LogP contribution in [0.15, 0.2) is 36.4 Å². The van der Waals surface area contributed by atoms with Crippen molar-refractivity contribution in [3.05, 3.63) is 58.9 Å². The van der Waals surface area contributed by atoms with Crippen molar-refractivity contribution in [1.29, 1.82) is 0 Å². The molecule has 2 amide bonds. The smallest absolute Gasteiger partial charge is 0.243 e. The number of rotatable bonds is 3. The van der Waals surface area contributed by atoms with Gasteiger partial charge in [-0.3, -0.25) is 9.59 Å². The zero-order valence-electron chi connectivity index (χ0n) is 14.4. The normalized spacial score (nSPS) is 16.6. The number of nitrogens with one attached hydrogen (secondary N) is 1. The second-order valence-corrected chi connectivity index (χ2v) is 6.33. The van der Waals surface area contributed by atoms with Crippen LogP contribution in [0.25, 0.3) is 0 Å². The van der Waals surface area contributed by atoms with Crippen molar-refractivity contribution in [3.8, 4) is 0 Å². The Balaban J connectivity index is 1.88. The molecule has 1 aromatic carbocycles. The largest absolute Gasteiger partial charge is 0.357 e. The maximum Gasteiger partial charge on any atom is 0.243 e. The van der Waals surface area contributed by atoms with Crippen molar-refractivity contribution in [2.24, 2.45) is 0 Å². The van der Waals surface area contributed by atoms with Crippen LogP contribution in [0.5, 0.6) is 0 Å². The first-order chi connectivity index (χ1) is 11.5. The highest BCUT2D eigenvalue weighted by atomic mass is 16.2. The Morgan fingerprint density at radius 2 is 1.71 bits per heavy atom. The summed E-state index contributed by atoms with van der Waals surface area (Å²) in [7, 11) is 1.62. The van der Waals surface area contributed by atoms with Crippen molar-refractivity contribution in [2.45, 2.75) is 39.4 Å². The standard InChI is InChI=1S/C19H23N3O2/c1-13-8-9-14(2)21(13)12-18(23)22-11-16-7-5-4-6-15(16)10-17(22)19(24)20-3/h4-9,17H,10-12H2,1-3H3,(H,20,24)/t17-/m0/s1. The molecule has 0 saturated carbocycles. The van der Waals surface area contributed by atoms with Gasteiger partial charge in [0.25, 0.3) is 0 Å². The zero-order chi connectivity index (χ0) is 17.3. The quantitative estimate of drug-likeness (QED) is 0.936. The second-order valence-electron chi connectivity index (χ2n) is 6.33. The summed E-state index contributed by atoms with van der Waals surface area (Å²) in [4.78, 5) is 27.0. The molecule has 3 rings (SSSR count). The molecule has 0 aliphatic carbocycles. The van der Waals surface area contributed by atoms with Gasteiger partial charge in [-0.2, -0.15) is 0 Å². The number of hydrogen-bond acceptors (Lipinski definition) is 2. The summed E-state index contributed by atoms with van der Waals surface area (Å²) in [5.74, 6) is -0.140. The molecule has 0 saturated heterocycles. The molecule has 1 atom stereocenters. The van der Waals surface area contributed by atoms with Crippen LogP contribution in [-0.4, -0.2) is 34.4 Å². The minimum Gasteiger partial charge on any atom is -0.357 e. The van der Waals surface area contributed by atoms with E-state index in [9.17, 15) is 9.59 Å². The average molecular weight is 325 g/mol. The van der Waals surface area contributed by atoms with Gasteiger partial charge in [-0.15, -0.1) is 0 Å². The number of hydrogen-bond donors (Lipinski definition) is 1. The summed E-state index contributed by atoms with van der Waals surface area (Å²) < 4.78 is 1.99. The highest BCUT2D eigenvalue weighted by Crippen LogP contribution is 2.24. The highest BCUT2D eigenvalue weighted by molar-refractivity contribution is 5.88. The van der Waals surface area contributed by atoms with E-state index in [0.29, 0.717) is 13.0 Å². The minimum atomic E-state index is -0.450. The number of fused-ring (bicyclic) bond motifs is 1. The molecule has 1 aliphatic heterocycles. The van der Waals surface area contributed by atoms with E-state index >= 15 is 0 Å². The van der Waals surface area contributed by atoms with Gasteiger partial charge in [0.2, 0.25) is 11.8 Å². The molecule has 2 heterocycles. The lowest BCUT2D eigenvalue weighted by molar-refractivity contribution is -0.142. The summed E-state index contributed by atoms with van der Waals surface area (Å²) in [6, 6.07) is 11.6. The number of carbonyl (C=O) groups excluding carboxylic acids is 2.